The average molecular weight is 280 g/mol. The minimum Gasteiger partial charge on any atom is -0.323 e. The van der Waals surface area contributed by atoms with E-state index in [0.717, 1.165) is 18.8 Å². The van der Waals surface area contributed by atoms with E-state index in [9.17, 15) is 4.79 Å². The summed E-state index contributed by atoms with van der Waals surface area (Å²) in [5.74, 6) is 2.09. The summed E-state index contributed by atoms with van der Waals surface area (Å²) >= 11 is 0. The maximum Gasteiger partial charge on any atom is 0.241 e. The van der Waals surface area contributed by atoms with Crippen molar-refractivity contribution in [3.05, 3.63) is 0 Å². The minimum absolute atomic E-state index is 0.0241. The summed E-state index contributed by atoms with van der Waals surface area (Å²) in [4.78, 5) is 15.1. The van der Waals surface area contributed by atoms with Gasteiger partial charge in [-0.1, -0.05) is 53.9 Å². The highest BCUT2D eigenvalue weighted by Crippen LogP contribution is 2.36. The van der Waals surface area contributed by atoms with Crippen LogP contribution in [0.15, 0.2) is 0 Å². The van der Waals surface area contributed by atoms with Crippen LogP contribution >= 0.6 is 0 Å². The third kappa shape index (κ3) is 2.88. The van der Waals surface area contributed by atoms with Crippen LogP contribution in [0.25, 0.3) is 0 Å². The molecule has 1 N–H and O–H groups in total. The first-order valence-corrected chi connectivity index (χ1v) is 8.55. The smallest absolute Gasteiger partial charge is 0.241 e. The summed E-state index contributed by atoms with van der Waals surface area (Å²) in [6.07, 6.45) is 6.24. The van der Waals surface area contributed by atoms with Crippen molar-refractivity contribution in [3.63, 3.8) is 0 Å². The van der Waals surface area contributed by atoms with Crippen LogP contribution in [0.3, 0.4) is 0 Å². The molecule has 116 valence electrons. The largest absolute Gasteiger partial charge is 0.323 e. The fourth-order valence-corrected chi connectivity index (χ4v) is 3.99. The second-order valence-corrected chi connectivity index (χ2v) is 7.27. The lowest BCUT2D eigenvalue weighted by atomic mass is 9.77. The minimum atomic E-state index is 0.0241. The number of nitrogens with zero attached hydrogens (tertiary/aromatic N) is 1. The fourth-order valence-electron chi connectivity index (χ4n) is 3.99. The molecule has 20 heavy (non-hydrogen) atoms. The van der Waals surface area contributed by atoms with Gasteiger partial charge in [-0.3, -0.25) is 10.1 Å². The molecule has 1 amide bonds. The van der Waals surface area contributed by atoms with E-state index in [0.29, 0.717) is 23.8 Å². The third-order valence-electron chi connectivity index (χ3n) is 5.48. The topological polar surface area (TPSA) is 32.3 Å². The van der Waals surface area contributed by atoms with E-state index in [-0.39, 0.29) is 12.2 Å². The van der Waals surface area contributed by atoms with Gasteiger partial charge < -0.3 is 4.90 Å². The van der Waals surface area contributed by atoms with E-state index in [1.54, 1.807) is 0 Å². The molecule has 2 aliphatic rings. The van der Waals surface area contributed by atoms with Crippen LogP contribution in [0.1, 0.15) is 66.7 Å². The van der Waals surface area contributed by atoms with Crippen molar-refractivity contribution >= 4 is 5.91 Å². The molecule has 1 saturated heterocycles. The van der Waals surface area contributed by atoms with E-state index in [1.165, 1.54) is 19.3 Å². The summed E-state index contributed by atoms with van der Waals surface area (Å²) in [7, 11) is 0. The van der Waals surface area contributed by atoms with Crippen molar-refractivity contribution in [1.82, 2.24) is 10.2 Å². The molecular formula is C17H32N2O. The van der Waals surface area contributed by atoms with Crippen LogP contribution in [0, 0.1) is 17.8 Å². The molecular weight excluding hydrogens is 248 g/mol. The summed E-state index contributed by atoms with van der Waals surface area (Å²) in [5, 5.41) is 3.60. The molecule has 0 aromatic rings. The molecule has 3 heteroatoms. The molecule has 0 aromatic carbocycles. The summed E-state index contributed by atoms with van der Waals surface area (Å²) in [6, 6.07) is 0.468. The fraction of sp³-hybridized carbons (Fsp3) is 0.941. The maximum absolute atomic E-state index is 12.8. The van der Waals surface area contributed by atoms with Crippen molar-refractivity contribution in [2.45, 2.75) is 85.0 Å². The number of rotatable bonds is 4. The van der Waals surface area contributed by atoms with Crippen LogP contribution in [0.5, 0.6) is 0 Å². The molecule has 1 aliphatic carbocycles. The summed E-state index contributed by atoms with van der Waals surface area (Å²) in [6.45, 7) is 11.2. The van der Waals surface area contributed by atoms with E-state index >= 15 is 0 Å². The van der Waals surface area contributed by atoms with Crippen LogP contribution < -0.4 is 5.32 Å². The van der Waals surface area contributed by atoms with Gasteiger partial charge in [-0.2, -0.15) is 0 Å². The monoisotopic (exact) mass is 280 g/mol. The number of carbonyl (C=O) groups excluding carboxylic acids is 1. The van der Waals surface area contributed by atoms with E-state index in [1.807, 2.05) is 0 Å². The SMILES string of the molecule is CCCC1NC(C(C)C)C(=O)N1C1CCCC(C)C1C. The normalized spacial score (nSPS) is 38.8. The first-order valence-electron chi connectivity index (χ1n) is 8.55. The molecule has 3 nitrogen and oxygen atoms in total. The number of nitrogens with one attached hydrogen (secondary N) is 1. The van der Waals surface area contributed by atoms with Crippen LogP contribution in [-0.4, -0.2) is 29.1 Å². The van der Waals surface area contributed by atoms with Crippen LogP contribution in [0.4, 0.5) is 0 Å². The van der Waals surface area contributed by atoms with Crippen molar-refractivity contribution in [2.75, 3.05) is 0 Å². The first-order chi connectivity index (χ1) is 9.47. The van der Waals surface area contributed by atoms with Gasteiger partial charge in [-0.25, -0.2) is 0 Å². The third-order valence-corrected chi connectivity index (χ3v) is 5.48. The standard InChI is InChI=1S/C17H32N2O/c1-6-8-15-18-16(11(2)3)17(20)19(15)14-10-7-9-12(4)13(14)5/h11-16,18H,6-10H2,1-5H3. The van der Waals surface area contributed by atoms with Gasteiger partial charge in [0.25, 0.3) is 0 Å². The molecule has 2 rings (SSSR count). The lowest BCUT2D eigenvalue weighted by Crippen LogP contribution is -2.50. The Kier molecular flexibility index (Phi) is 5.11. The zero-order valence-electron chi connectivity index (χ0n) is 13.9. The number of carbonyl (C=O) groups is 1. The number of hydrogen-bond acceptors (Lipinski definition) is 2. The molecule has 0 aromatic heterocycles. The molecule has 1 heterocycles. The number of amides is 1. The quantitative estimate of drug-likeness (QED) is 0.856. The van der Waals surface area contributed by atoms with Crippen molar-refractivity contribution in [3.8, 4) is 0 Å². The second kappa shape index (κ2) is 6.46. The van der Waals surface area contributed by atoms with Gasteiger partial charge in [0.15, 0.2) is 0 Å². The van der Waals surface area contributed by atoms with Crippen molar-refractivity contribution in [1.29, 1.82) is 0 Å². The Hall–Kier alpha value is -0.570. The van der Waals surface area contributed by atoms with Gasteiger partial charge >= 0.3 is 0 Å². The van der Waals surface area contributed by atoms with Gasteiger partial charge in [0.2, 0.25) is 5.91 Å². The Morgan fingerprint density at radius 3 is 2.60 bits per heavy atom. The van der Waals surface area contributed by atoms with Gasteiger partial charge in [-0.15, -0.1) is 0 Å². The summed E-state index contributed by atoms with van der Waals surface area (Å²) < 4.78 is 0. The van der Waals surface area contributed by atoms with Crippen LogP contribution in [-0.2, 0) is 4.79 Å². The van der Waals surface area contributed by atoms with Crippen LogP contribution in [0.2, 0.25) is 0 Å². The molecule has 1 aliphatic heterocycles. The zero-order valence-corrected chi connectivity index (χ0v) is 13.9. The zero-order chi connectivity index (χ0) is 14.9. The Labute approximate surface area is 124 Å². The van der Waals surface area contributed by atoms with Gasteiger partial charge in [-0.05, 0) is 30.6 Å². The maximum atomic E-state index is 12.8. The van der Waals surface area contributed by atoms with Gasteiger partial charge in [0.05, 0.1) is 12.2 Å². The van der Waals surface area contributed by atoms with E-state index in [4.69, 9.17) is 0 Å². The highest BCUT2D eigenvalue weighted by atomic mass is 16.2. The van der Waals surface area contributed by atoms with Crippen molar-refractivity contribution < 1.29 is 4.79 Å². The van der Waals surface area contributed by atoms with Crippen molar-refractivity contribution in [2.24, 2.45) is 17.8 Å². The molecule has 1 saturated carbocycles. The lowest BCUT2D eigenvalue weighted by Gasteiger charge is -2.42. The second-order valence-electron chi connectivity index (χ2n) is 7.27. The Balaban J connectivity index is 2.19. The number of hydrogen-bond donors (Lipinski definition) is 1. The highest BCUT2D eigenvalue weighted by Gasteiger charge is 2.45. The molecule has 0 radical (unpaired) electrons. The Morgan fingerprint density at radius 1 is 1.30 bits per heavy atom. The summed E-state index contributed by atoms with van der Waals surface area (Å²) in [5.41, 5.74) is 0. The Morgan fingerprint density at radius 2 is 2.00 bits per heavy atom. The molecule has 5 atom stereocenters. The van der Waals surface area contributed by atoms with E-state index in [2.05, 4.69) is 44.8 Å². The predicted octanol–water partition coefficient (Wildman–Crippen LogP) is 3.39. The Bertz CT molecular complexity index is 342. The molecule has 2 fully saturated rings. The molecule has 5 unspecified atom stereocenters. The first kappa shape index (κ1) is 15.8. The average Bonchev–Trinajstić information content (AvgIpc) is 2.71. The highest BCUT2D eigenvalue weighted by molar-refractivity contribution is 5.85. The molecule has 0 bridgehead atoms. The van der Waals surface area contributed by atoms with E-state index < -0.39 is 0 Å². The van der Waals surface area contributed by atoms with Gasteiger partial charge in [0.1, 0.15) is 0 Å². The lowest BCUT2D eigenvalue weighted by molar-refractivity contribution is -0.135. The molecule has 0 spiro atoms. The predicted molar refractivity (Wildman–Crippen MR) is 83.3 cm³/mol. The van der Waals surface area contributed by atoms with Gasteiger partial charge in [0, 0.05) is 6.04 Å².